The summed E-state index contributed by atoms with van der Waals surface area (Å²) in [6, 6.07) is 10.2. The molecule has 1 heteroatoms. The minimum atomic E-state index is 0. The van der Waals surface area contributed by atoms with E-state index in [-0.39, 0.29) is 6.15 Å². The quantitative estimate of drug-likeness (QED) is 0.609. The molecule has 0 aliphatic rings. The second kappa shape index (κ2) is 4.10. The first-order valence-electron chi connectivity index (χ1n) is 2.76. The van der Waals surface area contributed by atoms with E-state index in [0.717, 1.165) is 6.42 Å². The highest BCUT2D eigenvalue weighted by Crippen LogP contribution is 1.96. The van der Waals surface area contributed by atoms with Crippen molar-refractivity contribution < 1.29 is 0 Å². The second-order valence-corrected chi connectivity index (χ2v) is 1.74. The fraction of sp³-hybridized carbons (Fsp3) is 0.125. The molecule has 0 atom stereocenters. The Morgan fingerprint density at radius 2 is 1.67 bits per heavy atom. The van der Waals surface area contributed by atoms with Crippen LogP contribution >= 0.6 is 0 Å². The van der Waals surface area contributed by atoms with Crippen LogP contribution in [0.5, 0.6) is 0 Å². The molecule has 0 saturated carbocycles. The molecular formula is C8H12N. The molecule has 0 aliphatic heterocycles. The summed E-state index contributed by atoms with van der Waals surface area (Å²) in [7, 11) is 0. The van der Waals surface area contributed by atoms with Crippen LogP contribution in [0.1, 0.15) is 5.56 Å². The Labute approximate surface area is 56.3 Å². The Kier molecular flexibility index (Phi) is 3.72. The SMILES string of the molecule is N.[CH2]Cc1ccccc1. The Morgan fingerprint density at radius 1 is 1.11 bits per heavy atom. The van der Waals surface area contributed by atoms with E-state index in [0.29, 0.717) is 0 Å². The summed E-state index contributed by atoms with van der Waals surface area (Å²) < 4.78 is 0. The van der Waals surface area contributed by atoms with Crippen molar-refractivity contribution in [3.05, 3.63) is 42.8 Å². The van der Waals surface area contributed by atoms with Crippen LogP contribution in [0, 0.1) is 6.92 Å². The summed E-state index contributed by atoms with van der Waals surface area (Å²) in [6.45, 7) is 3.76. The van der Waals surface area contributed by atoms with Crippen molar-refractivity contribution in [1.82, 2.24) is 6.15 Å². The van der Waals surface area contributed by atoms with Crippen molar-refractivity contribution in [1.29, 1.82) is 0 Å². The van der Waals surface area contributed by atoms with Crippen molar-refractivity contribution in [3.8, 4) is 0 Å². The lowest BCUT2D eigenvalue weighted by Gasteiger charge is -1.89. The summed E-state index contributed by atoms with van der Waals surface area (Å²) >= 11 is 0. The van der Waals surface area contributed by atoms with Crippen LogP contribution in [-0.2, 0) is 6.42 Å². The molecule has 0 fully saturated rings. The van der Waals surface area contributed by atoms with Crippen molar-refractivity contribution in [2.24, 2.45) is 0 Å². The predicted octanol–water partition coefficient (Wildman–Crippen LogP) is 2.23. The first-order chi connectivity index (χ1) is 3.93. The molecule has 1 aromatic carbocycles. The molecule has 0 amide bonds. The van der Waals surface area contributed by atoms with Crippen LogP contribution < -0.4 is 6.15 Å². The molecule has 0 bridgehead atoms. The van der Waals surface area contributed by atoms with Gasteiger partial charge >= 0.3 is 0 Å². The number of benzene rings is 1. The van der Waals surface area contributed by atoms with Crippen LogP contribution in [0.3, 0.4) is 0 Å². The molecular weight excluding hydrogens is 110 g/mol. The first-order valence-corrected chi connectivity index (χ1v) is 2.76. The predicted molar refractivity (Wildman–Crippen MR) is 40.5 cm³/mol. The Balaban J connectivity index is 0.000000640. The van der Waals surface area contributed by atoms with E-state index in [2.05, 4.69) is 19.1 Å². The van der Waals surface area contributed by atoms with Crippen LogP contribution in [0.2, 0.25) is 0 Å². The van der Waals surface area contributed by atoms with Crippen molar-refractivity contribution >= 4 is 0 Å². The van der Waals surface area contributed by atoms with Gasteiger partial charge < -0.3 is 6.15 Å². The second-order valence-electron chi connectivity index (χ2n) is 1.74. The van der Waals surface area contributed by atoms with E-state index in [1.807, 2.05) is 18.2 Å². The third kappa shape index (κ3) is 2.29. The largest absolute Gasteiger partial charge is 0.344 e. The number of rotatable bonds is 1. The summed E-state index contributed by atoms with van der Waals surface area (Å²) in [5.41, 5.74) is 1.30. The molecule has 49 valence electrons. The van der Waals surface area contributed by atoms with Gasteiger partial charge in [-0.25, -0.2) is 0 Å². The minimum Gasteiger partial charge on any atom is -0.344 e. The molecule has 0 heterocycles. The van der Waals surface area contributed by atoms with Crippen LogP contribution in [-0.4, -0.2) is 0 Å². The van der Waals surface area contributed by atoms with Gasteiger partial charge in [0.05, 0.1) is 0 Å². The average Bonchev–Trinajstić information content (AvgIpc) is 1.90. The lowest BCUT2D eigenvalue weighted by molar-refractivity contribution is 1.27. The molecule has 3 N–H and O–H groups in total. The maximum Gasteiger partial charge on any atom is -0.0279 e. The smallest absolute Gasteiger partial charge is 0.0279 e. The lowest BCUT2D eigenvalue weighted by atomic mass is 10.2. The normalized spacial score (nSPS) is 8.11. The molecule has 0 spiro atoms. The van der Waals surface area contributed by atoms with E-state index in [9.17, 15) is 0 Å². The maximum atomic E-state index is 3.76. The first kappa shape index (κ1) is 8.18. The van der Waals surface area contributed by atoms with Gasteiger partial charge in [0.15, 0.2) is 0 Å². The highest BCUT2D eigenvalue weighted by Gasteiger charge is 1.80. The van der Waals surface area contributed by atoms with Crippen LogP contribution in [0.4, 0.5) is 0 Å². The molecule has 0 unspecified atom stereocenters. The molecule has 9 heavy (non-hydrogen) atoms. The monoisotopic (exact) mass is 122 g/mol. The van der Waals surface area contributed by atoms with Crippen molar-refractivity contribution in [2.45, 2.75) is 6.42 Å². The molecule has 1 radical (unpaired) electrons. The van der Waals surface area contributed by atoms with Crippen LogP contribution in [0.25, 0.3) is 0 Å². The van der Waals surface area contributed by atoms with Gasteiger partial charge in [-0.2, -0.15) is 0 Å². The fourth-order valence-electron chi connectivity index (χ4n) is 0.645. The van der Waals surface area contributed by atoms with E-state index in [1.165, 1.54) is 5.56 Å². The highest BCUT2D eigenvalue weighted by molar-refractivity contribution is 5.14. The van der Waals surface area contributed by atoms with E-state index >= 15 is 0 Å². The van der Waals surface area contributed by atoms with E-state index in [1.54, 1.807) is 0 Å². The zero-order valence-corrected chi connectivity index (χ0v) is 5.51. The van der Waals surface area contributed by atoms with Crippen molar-refractivity contribution in [3.63, 3.8) is 0 Å². The van der Waals surface area contributed by atoms with Gasteiger partial charge in [0, 0.05) is 0 Å². The molecule has 0 saturated heterocycles. The molecule has 0 aromatic heterocycles. The topological polar surface area (TPSA) is 35.0 Å². The summed E-state index contributed by atoms with van der Waals surface area (Å²) in [6.07, 6.45) is 0.890. The maximum absolute atomic E-state index is 3.76. The van der Waals surface area contributed by atoms with Gasteiger partial charge in [-0.05, 0) is 18.9 Å². The van der Waals surface area contributed by atoms with Crippen molar-refractivity contribution in [2.75, 3.05) is 0 Å². The third-order valence-electron chi connectivity index (χ3n) is 1.13. The van der Waals surface area contributed by atoms with Gasteiger partial charge in [-0.1, -0.05) is 30.3 Å². The van der Waals surface area contributed by atoms with Gasteiger partial charge in [0.2, 0.25) is 0 Å². The molecule has 1 rings (SSSR count). The Morgan fingerprint density at radius 3 is 2.00 bits per heavy atom. The third-order valence-corrected chi connectivity index (χ3v) is 1.13. The van der Waals surface area contributed by atoms with Gasteiger partial charge in [0.25, 0.3) is 0 Å². The number of hydrogen-bond donors (Lipinski definition) is 1. The zero-order chi connectivity index (χ0) is 5.82. The number of hydrogen-bond acceptors (Lipinski definition) is 1. The molecule has 0 aliphatic carbocycles. The summed E-state index contributed by atoms with van der Waals surface area (Å²) in [5.74, 6) is 0. The Bertz CT molecular complexity index is 146. The lowest BCUT2D eigenvalue weighted by Crippen LogP contribution is -1.74. The van der Waals surface area contributed by atoms with Gasteiger partial charge in [-0.15, -0.1) is 0 Å². The highest BCUT2D eigenvalue weighted by atomic mass is 14.0. The average molecular weight is 122 g/mol. The zero-order valence-electron chi connectivity index (χ0n) is 5.51. The van der Waals surface area contributed by atoms with Crippen LogP contribution in [0.15, 0.2) is 30.3 Å². The fourth-order valence-corrected chi connectivity index (χ4v) is 0.645. The standard InChI is InChI=1S/C8H9.H3N/c1-2-8-6-4-3-5-7-8;/h3-7H,1-2H2;1H3. The minimum absolute atomic E-state index is 0. The Hall–Kier alpha value is -0.820. The van der Waals surface area contributed by atoms with Gasteiger partial charge in [-0.3, -0.25) is 0 Å². The van der Waals surface area contributed by atoms with E-state index < -0.39 is 0 Å². The summed E-state index contributed by atoms with van der Waals surface area (Å²) in [5, 5.41) is 0. The molecule has 1 aromatic rings. The molecule has 1 nitrogen and oxygen atoms in total. The van der Waals surface area contributed by atoms with E-state index in [4.69, 9.17) is 0 Å². The summed E-state index contributed by atoms with van der Waals surface area (Å²) in [4.78, 5) is 0. The van der Waals surface area contributed by atoms with Gasteiger partial charge in [0.1, 0.15) is 0 Å².